The number of carbonyl (C=O) groups excluding carboxylic acids is 2. The third-order valence-corrected chi connectivity index (χ3v) is 6.72. The molecule has 29 heavy (non-hydrogen) atoms. The highest BCUT2D eigenvalue weighted by Gasteiger charge is 2.28. The molecule has 0 radical (unpaired) electrons. The molecular formula is C21H21N3O3S2. The lowest BCUT2D eigenvalue weighted by Gasteiger charge is -2.30. The molecular weight excluding hydrogens is 406 g/mol. The van der Waals surface area contributed by atoms with E-state index in [1.807, 2.05) is 53.2 Å². The molecule has 3 aromatic rings. The third kappa shape index (κ3) is 5.02. The minimum absolute atomic E-state index is 0.133. The Morgan fingerprint density at radius 1 is 1.10 bits per heavy atom. The topological polar surface area (TPSA) is 71.5 Å². The largest absolute Gasteiger partial charge is 0.459 e. The number of piperidine rings is 1. The Kier molecular flexibility index (Phi) is 6.21. The van der Waals surface area contributed by atoms with Crippen molar-refractivity contribution in [3.05, 3.63) is 58.9 Å². The molecule has 0 unspecified atom stereocenters. The Bertz CT molecular complexity index is 949. The Balaban J connectivity index is 1.22. The summed E-state index contributed by atoms with van der Waals surface area (Å²) in [5.41, 5.74) is 1.54. The predicted molar refractivity (Wildman–Crippen MR) is 115 cm³/mol. The molecule has 0 saturated carbocycles. The maximum atomic E-state index is 12.4. The summed E-state index contributed by atoms with van der Waals surface area (Å²) in [6.45, 7) is 1.27. The molecule has 6 nitrogen and oxygen atoms in total. The first-order chi connectivity index (χ1) is 14.2. The molecule has 1 saturated heterocycles. The molecule has 1 aliphatic heterocycles. The van der Waals surface area contributed by atoms with Gasteiger partial charge >= 0.3 is 12.0 Å². The molecule has 8 heteroatoms. The van der Waals surface area contributed by atoms with Gasteiger partial charge in [0.15, 0.2) is 0 Å². The fourth-order valence-corrected chi connectivity index (χ4v) is 4.81. The van der Waals surface area contributed by atoms with Crippen LogP contribution in [0.5, 0.6) is 0 Å². The van der Waals surface area contributed by atoms with Crippen molar-refractivity contribution in [3.63, 3.8) is 0 Å². The Labute approximate surface area is 177 Å². The maximum Gasteiger partial charge on any atom is 0.321 e. The Hall–Kier alpha value is -2.71. The second-order valence-corrected chi connectivity index (χ2v) is 8.59. The van der Waals surface area contributed by atoms with Crippen molar-refractivity contribution in [3.8, 4) is 9.88 Å². The molecule has 0 spiro atoms. The lowest BCUT2D eigenvalue weighted by atomic mass is 9.97. The Morgan fingerprint density at radius 3 is 2.62 bits per heavy atom. The van der Waals surface area contributed by atoms with Gasteiger partial charge in [0.05, 0.1) is 16.5 Å². The average Bonchev–Trinajstić information content (AvgIpc) is 3.45. The summed E-state index contributed by atoms with van der Waals surface area (Å²) in [7, 11) is 0. The lowest BCUT2D eigenvalue weighted by molar-refractivity contribution is -0.151. The Morgan fingerprint density at radius 2 is 1.90 bits per heavy atom. The summed E-state index contributed by atoms with van der Waals surface area (Å²) < 4.78 is 5.48. The van der Waals surface area contributed by atoms with Crippen LogP contribution in [0.15, 0.2) is 53.2 Å². The molecule has 0 aliphatic carbocycles. The number of urea groups is 1. The smallest absolute Gasteiger partial charge is 0.321 e. The minimum Gasteiger partial charge on any atom is -0.459 e. The van der Waals surface area contributed by atoms with Gasteiger partial charge < -0.3 is 15.0 Å². The van der Waals surface area contributed by atoms with E-state index in [0.717, 1.165) is 21.3 Å². The standard InChI is InChI=1S/C21H21N3O3S2/c25-20(27-13-17-14-29-19(22-17)18-7-4-12-28-18)15-8-10-24(11-9-15)21(26)23-16-5-2-1-3-6-16/h1-7,12,14-15H,8-11,13H2,(H,23,26). The highest BCUT2D eigenvalue weighted by Crippen LogP contribution is 2.28. The first kappa shape index (κ1) is 19.6. The number of amides is 2. The predicted octanol–water partition coefficient (Wildman–Crippen LogP) is 4.86. The zero-order chi connectivity index (χ0) is 20.1. The number of para-hydroxylation sites is 1. The fourth-order valence-electron chi connectivity index (χ4n) is 3.19. The molecule has 0 bridgehead atoms. The van der Waals surface area contributed by atoms with E-state index in [4.69, 9.17) is 4.74 Å². The minimum atomic E-state index is -0.209. The van der Waals surface area contributed by atoms with Gasteiger partial charge in [0.1, 0.15) is 11.6 Å². The molecule has 0 atom stereocenters. The monoisotopic (exact) mass is 427 g/mol. The number of benzene rings is 1. The number of thiazole rings is 1. The number of nitrogens with one attached hydrogen (secondary N) is 1. The lowest BCUT2D eigenvalue weighted by Crippen LogP contribution is -2.42. The van der Waals surface area contributed by atoms with E-state index in [-0.39, 0.29) is 24.5 Å². The molecule has 2 amide bonds. The van der Waals surface area contributed by atoms with Crippen molar-refractivity contribution in [1.29, 1.82) is 0 Å². The van der Waals surface area contributed by atoms with Crippen molar-refractivity contribution >= 4 is 40.4 Å². The van der Waals surface area contributed by atoms with E-state index in [9.17, 15) is 9.59 Å². The number of nitrogens with zero attached hydrogens (tertiary/aromatic N) is 2. The van der Waals surface area contributed by atoms with Crippen LogP contribution in [0.3, 0.4) is 0 Å². The van der Waals surface area contributed by atoms with Gasteiger partial charge in [-0.2, -0.15) is 0 Å². The summed E-state index contributed by atoms with van der Waals surface area (Å²) in [5.74, 6) is -0.384. The molecule has 2 aromatic heterocycles. The number of rotatable bonds is 5. The van der Waals surface area contributed by atoms with Gasteiger partial charge in [-0.25, -0.2) is 9.78 Å². The summed E-state index contributed by atoms with van der Waals surface area (Å²) in [5, 5.41) is 7.77. The van der Waals surface area contributed by atoms with Gasteiger partial charge in [-0.3, -0.25) is 4.79 Å². The van der Waals surface area contributed by atoms with Gasteiger partial charge in [0.25, 0.3) is 0 Å². The van der Waals surface area contributed by atoms with Crippen LogP contribution >= 0.6 is 22.7 Å². The zero-order valence-electron chi connectivity index (χ0n) is 15.7. The molecule has 1 N–H and O–H groups in total. The van der Waals surface area contributed by atoms with Crippen molar-refractivity contribution in [2.75, 3.05) is 18.4 Å². The third-order valence-electron chi connectivity index (χ3n) is 4.79. The maximum absolute atomic E-state index is 12.4. The van der Waals surface area contributed by atoms with Crippen molar-refractivity contribution < 1.29 is 14.3 Å². The van der Waals surface area contributed by atoms with E-state index in [1.54, 1.807) is 27.6 Å². The highest BCUT2D eigenvalue weighted by atomic mass is 32.1. The molecule has 4 rings (SSSR count). The molecule has 3 heterocycles. The first-order valence-corrected chi connectivity index (χ1v) is 11.2. The molecule has 150 valence electrons. The highest BCUT2D eigenvalue weighted by molar-refractivity contribution is 7.20. The second-order valence-electron chi connectivity index (χ2n) is 6.79. The van der Waals surface area contributed by atoms with E-state index in [1.165, 1.54) is 0 Å². The van der Waals surface area contributed by atoms with E-state index in [2.05, 4.69) is 10.3 Å². The molecule has 1 aromatic carbocycles. The van der Waals surface area contributed by atoms with Gasteiger partial charge in [0, 0.05) is 24.2 Å². The summed E-state index contributed by atoms with van der Waals surface area (Å²) in [4.78, 5) is 32.2. The van der Waals surface area contributed by atoms with Crippen LogP contribution in [0.25, 0.3) is 9.88 Å². The van der Waals surface area contributed by atoms with Gasteiger partial charge in [-0.05, 0) is 36.4 Å². The van der Waals surface area contributed by atoms with Crippen molar-refractivity contribution in [2.45, 2.75) is 19.4 Å². The fraction of sp³-hybridized carbons (Fsp3) is 0.286. The number of thiophene rings is 1. The van der Waals surface area contributed by atoms with Crippen LogP contribution in [-0.4, -0.2) is 35.0 Å². The first-order valence-electron chi connectivity index (χ1n) is 9.45. The summed E-state index contributed by atoms with van der Waals surface area (Å²) in [6, 6.07) is 13.3. The number of likely N-dealkylation sites (tertiary alicyclic amines) is 1. The van der Waals surface area contributed by atoms with E-state index in [0.29, 0.717) is 25.9 Å². The van der Waals surface area contributed by atoms with Crippen LogP contribution in [-0.2, 0) is 16.1 Å². The van der Waals surface area contributed by atoms with Crippen molar-refractivity contribution in [1.82, 2.24) is 9.88 Å². The number of ether oxygens (including phenoxy) is 1. The number of hydrogen-bond donors (Lipinski definition) is 1. The molecule has 1 fully saturated rings. The van der Waals surface area contributed by atoms with Crippen LogP contribution in [0.2, 0.25) is 0 Å². The average molecular weight is 428 g/mol. The number of aromatic nitrogens is 1. The van der Waals surface area contributed by atoms with Crippen LogP contribution in [0, 0.1) is 5.92 Å². The van der Waals surface area contributed by atoms with Crippen LogP contribution in [0.4, 0.5) is 10.5 Å². The SMILES string of the molecule is O=C(OCc1csc(-c2cccs2)n1)C1CCN(C(=O)Nc2ccccc2)CC1. The summed E-state index contributed by atoms with van der Waals surface area (Å²) >= 11 is 3.20. The quantitative estimate of drug-likeness (QED) is 0.591. The normalized spacial score (nSPS) is 14.6. The number of esters is 1. The van der Waals surface area contributed by atoms with E-state index >= 15 is 0 Å². The van der Waals surface area contributed by atoms with Crippen LogP contribution < -0.4 is 5.32 Å². The van der Waals surface area contributed by atoms with Gasteiger partial charge in [0.2, 0.25) is 0 Å². The zero-order valence-corrected chi connectivity index (χ0v) is 17.4. The number of anilines is 1. The van der Waals surface area contributed by atoms with Crippen LogP contribution in [0.1, 0.15) is 18.5 Å². The number of hydrogen-bond acceptors (Lipinski definition) is 6. The molecule has 1 aliphatic rings. The van der Waals surface area contributed by atoms with Gasteiger partial charge in [-0.1, -0.05) is 24.3 Å². The second kappa shape index (κ2) is 9.19. The number of carbonyl (C=O) groups is 2. The summed E-state index contributed by atoms with van der Waals surface area (Å²) in [6.07, 6.45) is 1.22. The van der Waals surface area contributed by atoms with E-state index < -0.39 is 0 Å². The van der Waals surface area contributed by atoms with Gasteiger partial charge in [-0.15, -0.1) is 22.7 Å². The van der Waals surface area contributed by atoms with Crippen molar-refractivity contribution in [2.24, 2.45) is 5.92 Å².